The zero-order valence-electron chi connectivity index (χ0n) is 11.2. The third-order valence-corrected chi connectivity index (χ3v) is 3.46. The minimum Gasteiger partial charge on any atom is -0.247 e. The Labute approximate surface area is 100 Å². The zero-order chi connectivity index (χ0) is 12.4. The lowest BCUT2D eigenvalue weighted by Crippen LogP contribution is -2.30. The second-order valence-electron chi connectivity index (χ2n) is 4.88. The van der Waals surface area contributed by atoms with Gasteiger partial charge in [-0.3, -0.25) is 0 Å². The minimum absolute atomic E-state index is 0.540. The molecule has 0 aromatic rings. The third-order valence-electron chi connectivity index (χ3n) is 3.46. The van der Waals surface area contributed by atoms with Crippen LogP contribution in [-0.2, 0) is 9.90 Å². The fraction of sp³-hybridized carbons (Fsp3) is 0.929. The highest BCUT2D eigenvalue weighted by Gasteiger charge is 2.37. The molecule has 0 N–H and O–H groups in total. The highest BCUT2D eigenvalue weighted by atomic mass is 16.4. The van der Waals surface area contributed by atoms with Gasteiger partial charge in [-0.1, -0.05) is 59.3 Å². The van der Waals surface area contributed by atoms with Gasteiger partial charge in [0.15, 0.2) is 0 Å². The van der Waals surface area contributed by atoms with Gasteiger partial charge in [-0.05, 0) is 19.3 Å². The van der Waals surface area contributed by atoms with Crippen LogP contribution in [0.1, 0.15) is 78.6 Å². The average Bonchev–Trinajstić information content (AvgIpc) is 2.28. The molecule has 0 rings (SSSR count). The van der Waals surface area contributed by atoms with E-state index in [2.05, 4.69) is 20.8 Å². The second kappa shape index (κ2) is 8.60. The van der Waals surface area contributed by atoms with Crippen LogP contribution in [0, 0.1) is 5.41 Å². The van der Waals surface area contributed by atoms with E-state index in [4.69, 9.17) is 0 Å². The van der Waals surface area contributed by atoms with Gasteiger partial charge in [0.05, 0.1) is 5.41 Å². The number of unbranched alkanes of at least 4 members (excludes halogenated alkanes) is 3. The van der Waals surface area contributed by atoms with Crippen molar-refractivity contribution in [3.63, 3.8) is 0 Å². The molecule has 0 aromatic carbocycles. The van der Waals surface area contributed by atoms with Gasteiger partial charge in [0.25, 0.3) is 0 Å². The summed E-state index contributed by atoms with van der Waals surface area (Å²) in [6, 6.07) is 0. The molecule has 2 nitrogen and oxygen atoms in total. The topological polar surface area (TPSA) is 37.0 Å². The van der Waals surface area contributed by atoms with Crippen molar-refractivity contribution in [1.82, 2.24) is 0 Å². The van der Waals surface area contributed by atoms with E-state index in [1.54, 1.807) is 0 Å². The van der Waals surface area contributed by atoms with Gasteiger partial charge in [-0.2, -0.15) is 0 Å². The first-order valence-electron chi connectivity index (χ1n) is 6.84. The van der Waals surface area contributed by atoms with Gasteiger partial charge in [-0.25, -0.2) is 9.90 Å². The highest BCUT2D eigenvalue weighted by molar-refractivity contribution is 5.74. The molecule has 0 aliphatic heterocycles. The Bertz CT molecular complexity index is 165. The molecule has 0 aromatic heterocycles. The fourth-order valence-corrected chi connectivity index (χ4v) is 2.23. The summed E-state index contributed by atoms with van der Waals surface area (Å²) in [5, 5.41) is 11.4. The van der Waals surface area contributed by atoms with E-state index >= 15 is 0 Å². The summed E-state index contributed by atoms with van der Waals surface area (Å²) in [4.78, 5) is 11.4. The number of rotatable bonds is 10. The summed E-state index contributed by atoms with van der Waals surface area (Å²) in [5.74, 6) is -0.817. The Hall–Kier alpha value is -0.530. The van der Waals surface area contributed by atoms with E-state index in [-0.39, 0.29) is 0 Å². The predicted octanol–water partition coefficient (Wildman–Crippen LogP) is 4.50. The molecule has 0 atom stereocenters. The lowest BCUT2D eigenvalue weighted by molar-refractivity contribution is -0.157. The zero-order valence-corrected chi connectivity index (χ0v) is 11.2. The smallest absolute Gasteiger partial charge is 0.247 e. The molecule has 0 saturated heterocycles. The van der Waals surface area contributed by atoms with Crippen molar-refractivity contribution in [1.29, 1.82) is 0 Å². The van der Waals surface area contributed by atoms with Crippen LogP contribution < -0.4 is 0 Å². The van der Waals surface area contributed by atoms with Crippen molar-refractivity contribution in [3.05, 3.63) is 0 Å². The van der Waals surface area contributed by atoms with Crippen LogP contribution in [0.15, 0.2) is 0 Å². The fourth-order valence-electron chi connectivity index (χ4n) is 2.23. The molecule has 0 bridgehead atoms. The summed E-state index contributed by atoms with van der Waals surface area (Å²) in [7, 11) is 0. The maximum atomic E-state index is 11.4. The monoisotopic (exact) mass is 227 g/mol. The first kappa shape index (κ1) is 15.5. The van der Waals surface area contributed by atoms with E-state index in [0.717, 1.165) is 57.8 Å². The van der Waals surface area contributed by atoms with Crippen LogP contribution in [0.25, 0.3) is 0 Å². The molecule has 0 amide bonds. The molecule has 16 heavy (non-hydrogen) atoms. The molecule has 0 spiro atoms. The molecule has 2 heteroatoms. The molecule has 95 valence electrons. The van der Waals surface area contributed by atoms with Crippen molar-refractivity contribution >= 4 is 5.97 Å². The standard InChI is InChI=1S/C14H27O2/c1-4-7-10-14(13(15)16,11-8-5-2)12-9-6-3/h4-12H2,1-3H3. The summed E-state index contributed by atoms with van der Waals surface area (Å²) in [6.45, 7) is 6.33. The van der Waals surface area contributed by atoms with Crippen molar-refractivity contribution in [2.45, 2.75) is 78.6 Å². The van der Waals surface area contributed by atoms with Crippen molar-refractivity contribution < 1.29 is 9.90 Å². The molecule has 0 aliphatic rings. The molecule has 0 heterocycles. The predicted molar refractivity (Wildman–Crippen MR) is 66.7 cm³/mol. The van der Waals surface area contributed by atoms with E-state index in [0.29, 0.717) is 0 Å². The number of carbonyl (C=O) groups is 1. The lowest BCUT2D eigenvalue weighted by atomic mass is 9.74. The summed E-state index contributed by atoms with van der Waals surface area (Å²) >= 11 is 0. The molecule has 0 fully saturated rings. The normalized spacial score (nSPS) is 11.7. The third kappa shape index (κ3) is 5.00. The largest absolute Gasteiger partial charge is 0.361 e. The summed E-state index contributed by atoms with van der Waals surface area (Å²) < 4.78 is 0. The Morgan fingerprint density at radius 2 is 1.12 bits per heavy atom. The van der Waals surface area contributed by atoms with Crippen molar-refractivity contribution in [3.8, 4) is 0 Å². The van der Waals surface area contributed by atoms with Crippen LogP contribution in [0.3, 0.4) is 0 Å². The van der Waals surface area contributed by atoms with Crippen LogP contribution in [0.4, 0.5) is 0 Å². The average molecular weight is 227 g/mol. The van der Waals surface area contributed by atoms with Crippen LogP contribution in [-0.4, -0.2) is 5.97 Å². The molecule has 0 aliphatic carbocycles. The van der Waals surface area contributed by atoms with E-state index in [9.17, 15) is 9.90 Å². The number of carbonyl (C=O) groups excluding carboxylic acids is 1. The second-order valence-corrected chi connectivity index (χ2v) is 4.88. The molecule has 0 unspecified atom stereocenters. The summed E-state index contributed by atoms with van der Waals surface area (Å²) in [5.41, 5.74) is -0.540. The van der Waals surface area contributed by atoms with Crippen LogP contribution in [0.5, 0.6) is 0 Å². The maximum absolute atomic E-state index is 11.4. The molecular formula is C14H27O2. The minimum atomic E-state index is -0.817. The lowest BCUT2D eigenvalue weighted by Gasteiger charge is -2.28. The highest BCUT2D eigenvalue weighted by Crippen LogP contribution is 2.37. The first-order chi connectivity index (χ1) is 7.63. The van der Waals surface area contributed by atoms with Crippen LogP contribution >= 0.6 is 0 Å². The van der Waals surface area contributed by atoms with Gasteiger partial charge in [0, 0.05) is 0 Å². The van der Waals surface area contributed by atoms with E-state index in [1.165, 1.54) is 0 Å². The number of hydrogen-bond acceptors (Lipinski definition) is 1. The van der Waals surface area contributed by atoms with Gasteiger partial charge in [0.2, 0.25) is 0 Å². The molecule has 0 saturated carbocycles. The van der Waals surface area contributed by atoms with Crippen molar-refractivity contribution in [2.75, 3.05) is 0 Å². The quantitative estimate of drug-likeness (QED) is 0.541. The van der Waals surface area contributed by atoms with Gasteiger partial charge in [0.1, 0.15) is 0 Å². The Balaban J connectivity index is 4.52. The van der Waals surface area contributed by atoms with E-state index < -0.39 is 11.4 Å². The van der Waals surface area contributed by atoms with Gasteiger partial charge in [-0.15, -0.1) is 0 Å². The van der Waals surface area contributed by atoms with Crippen molar-refractivity contribution in [2.24, 2.45) is 5.41 Å². The SMILES string of the molecule is CCCCC(CCCC)(CCCC)C([O])=O. The Kier molecular flexibility index (Phi) is 8.32. The Morgan fingerprint density at radius 1 is 0.812 bits per heavy atom. The Morgan fingerprint density at radius 3 is 1.31 bits per heavy atom. The van der Waals surface area contributed by atoms with Gasteiger partial charge >= 0.3 is 5.97 Å². The molecular weight excluding hydrogens is 200 g/mol. The summed E-state index contributed by atoms with van der Waals surface area (Å²) in [6.07, 6.45) is 8.58. The maximum Gasteiger partial charge on any atom is 0.361 e. The molecule has 1 radical (unpaired) electrons. The van der Waals surface area contributed by atoms with E-state index in [1.807, 2.05) is 0 Å². The van der Waals surface area contributed by atoms with Gasteiger partial charge < -0.3 is 0 Å². The number of hydrogen-bond donors (Lipinski definition) is 0. The first-order valence-corrected chi connectivity index (χ1v) is 6.84. The van der Waals surface area contributed by atoms with Crippen LogP contribution in [0.2, 0.25) is 0 Å².